The van der Waals surface area contributed by atoms with Crippen LogP contribution in [0.25, 0.3) is 0 Å². The van der Waals surface area contributed by atoms with E-state index in [0.29, 0.717) is 0 Å². The minimum atomic E-state index is -0.889. The number of hydrogen-bond donors (Lipinski definition) is 2. The molecule has 1 aromatic heterocycles. The molecule has 1 aromatic carbocycles. The molecular formula is C14H17N3O2. The summed E-state index contributed by atoms with van der Waals surface area (Å²) in [5.41, 5.74) is 1.69. The number of aliphatic carboxylic acids is 1. The van der Waals surface area contributed by atoms with Gasteiger partial charge in [0.25, 0.3) is 0 Å². The van der Waals surface area contributed by atoms with E-state index < -0.39 is 12.0 Å². The van der Waals surface area contributed by atoms with Gasteiger partial charge in [0.05, 0.1) is 5.69 Å². The summed E-state index contributed by atoms with van der Waals surface area (Å²) in [6, 6.07) is 10.2. The number of carbonyl (C=O) groups is 1. The lowest BCUT2D eigenvalue weighted by atomic mass is 10.1. The Labute approximate surface area is 111 Å². The number of nitrogens with one attached hydrogen (secondary N) is 1. The van der Waals surface area contributed by atoms with Gasteiger partial charge in [0.1, 0.15) is 6.04 Å². The van der Waals surface area contributed by atoms with Gasteiger partial charge in [-0.1, -0.05) is 30.3 Å². The van der Waals surface area contributed by atoms with Crippen LogP contribution in [0.2, 0.25) is 0 Å². The Bertz CT molecular complexity index is 551. The van der Waals surface area contributed by atoms with E-state index in [1.165, 1.54) is 0 Å². The molecule has 0 aliphatic rings. The molecule has 0 bridgehead atoms. The van der Waals surface area contributed by atoms with E-state index in [1.54, 1.807) is 10.9 Å². The summed E-state index contributed by atoms with van der Waals surface area (Å²) in [5, 5.41) is 16.6. The Morgan fingerprint density at radius 1 is 1.32 bits per heavy atom. The highest BCUT2D eigenvalue weighted by molar-refractivity contribution is 5.75. The molecule has 100 valence electrons. The number of aryl methyl sites for hydroxylation is 1. The zero-order chi connectivity index (χ0) is 13.8. The predicted octanol–water partition coefficient (Wildman–Crippen LogP) is 1.90. The Balaban J connectivity index is 2.19. The fraction of sp³-hybridized carbons (Fsp3) is 0.286. The highest BCUT2D eigenvalue weighted by atomic mass is 16.4. The maximum Gasteiger partial charge on any atom is 0.325 e. The molecule has 0 fully saturated rings. The average molecular weight is 259 g/mol. The van der Waals surface area contributed by atoms with Crippen molar-refractivity contribution < 1.29 is 9.90 Å². The number of carboxylic acids is 1. The van der Waals surface area contributed by atoms with Gasteiger partial charge in [-0.25, -0.2) is 0 Å². The molecule has 2 rings (SSSR count). The van der Waals surface area contributed by atoms with E-state index in [9.17, 15) is 9.90 Å². The molecule has 0 aliphatic carbocycles. The van der Waals surface area contributed by atoms with E-state index in [1.807, 2.05) is 50.4 Å². The number of aromatic nitrogens is 2. The van der Waals surface area contributed by atoms with E-state index in [2.05, 4.69) is 10.4 Å². The van der Waals surface area contributed by atoms with Crippen molar-refractivity contribution >= 4 is 5.97 Å². The number of carboxylic acid groups (broad SMARTS) is 1. The maximum atomic E-state index is 11.4. The van der Waals surface area contributed by atoms with Crippen LogP contribution in [0, 0.1) is 0 Å². The molecule has 2 atom stereocenters. The van der Waals surface area contributed by atoms with Crippen LogP contribution in [0.15, 0.2) is 42.6 Å². The predicted molar refractivity (Wildman–Crippen MR) is 71.6 cm³/mol. The number of nitrogens with zero attached hydrogens (tertiary/aromatic N) is 2. The maximum absolute atomic E-state index is 11.4. The van der Waals surface area contributed by atoms with Crippen LogP contribution < -0.4 is 5.32 Å². The van der Waals surface area contributed by atoms with Crippen LogP contribution in [0.5, 0.6) is 0 Å². The first-order chi connectivity index (χ1) is 9.09. The molecule has 0 aliphatic heterocycles. The third kappa shape index (κ3) is 3.00. The third-order valence-electron chi connectivity index (χ3n) is 3.10. The van der Waals surface area contributed by atoms with Crippen molar-refractivity contribution in [3.05, 3.63) is 53.9 Å². The smallest absolute Gasteiger partial charge is 0.325 e. The first kappa shape index (κ1) is 13.3. The van der Waals surface area contributed by atoms with E-state index in [-0.39, 0.29) is 6.04 Å². The molecule has 19 heavy (non-hydrogen) atoms. The van der Waals surface area contributed by atoms with Gasteiger partial charge in [0, 0.05) is 19.3 Å². The van der Waals surface area contributed by atoms with Crippen LogP contribution >= 0.6 is 0 Å². The topological polar surface area (TPSA) is 67.2 Å². The Morgan fingerprint density at radius 3 is 2.53 bits per heavy atom. The molecule has 0 spiro atoms. The van der Waals surface area contributed by atoms with Gasteiger partial charge in [-0.3, -0.25) is 14.8 Å². The zero-order valence-corrected chi connectivity index (χ0v) is 10.9. The molecule has 5 heteroatoms. The second kappa shape index (κ2) is 5.67. The van der Waals surface area contributed by atoms with Crippen molar-refractivity contribution in [1.82, 2.24) is 15.1 Å². The fourth-order valence-corrected chi connectivity index (χ4v) is 2.10. The summed E-state index contributed by atoms with van der Waals surface area (Å²) in [6.07, 6.45) is 1.70. The number of hydrogen-bond acceptors (Lipinski definition) is 3. The van der Waals surface area contributed by atoms with Crippen molar-refractivity contribution in [3.63, 3.8) is 0 Å². The van der Waals surface area contributed by atoms with Gasteiger partial charge in [0.2, 0.25) is 0 Å². The SMILES string of the molecule is CC(NC(C(=O)O)c1ccccc1)c1ccnn1C. The number of benzene rings is 1. The largest absolute Gasteiger partial charge is 0.480 e. The second-order valence-corrected chi connectivity index (χ2v) is 4.45. The van der Waals surface area contributed by atoms with Gasteiger partial charge in [-0.2, -0.15) is 5.10 Å². The highest BCUT2D eigenvalue weighted by Gasteiger charge is 2.22. The van der Waals surface area contributed by atoms with Gasteiger partial charge in [-0.15, -0.1) is 0 Å². The van der Waals surface area contributed by atoms with Crippen molar-refractivity contribution in [2.75, 3.05) is 0 Å². The van der Waals surface area contributed by atoms with E-state index in [4.69, 9.17) is 0 Å². The zero-order valence-electron chi connectivity index (χ0n) is 10.9. The number of rotatable bonds is 5. The lowest BCUT2D eigenvalue weighted by molar-refractivity contribution is -0.139. The van der Waals surface area contributed by atoms with Gasteiger partial charge in [0.15, 0.2) is 0 Å². The summed E-state index contributed by atoms with van der Waals surface area (Å²) >= 11 is 0. The lowest BCUT2D eigenvalue weighted by Crippen LogP contribution is -2.31. The summed E-state index contributed by atoms with van der Waals surface area (Å²) in [4.78, 5) is 11.4. The summed E-state index contributed by atoms with van der Waals surface area (Å²) in [5.74, 6) is -0.889. The quantitative estimate of drug-likeness (QED) is 0.860. The van der Waals surface area contributed by atoms with Crippen molar-refractivity contribution in [1.29, 1.82) is 0 Å². The van der Waals surface area contributed by atoms with Crippen molar-refractivity contribution in [3.8, 4) is 0 Å². The van der Waals surface area contributed by atoms with Gasteiger partial charge in [-0.05, 0) is 18.6 Å². The monoisotopic (exact) mass is 259 g/mol. The van der Waals surface area contributed by atoms with Crippen LogP contribution in [0.3, 0.4) is 0 Å². The molecule has 0 radical (unpaired) electrons. The van der Waals surface area contributed by atoms with Crippen molar-refractivity contribution in [2.45, 2.75) is 19.0 Å². The van der Waals surface area contributed by atoms with Crippen LogP contribution in [0.1, 0.15) is 30.3 Å². The van der Waals surface area contributed by atoms with Crippen LogP contribution in [-0.2, 0) is 11.8 Å². The van der Waals surface area contributed by atoms with Crippen molar-refractivity contribution in [2.24, 2.45) is 7.05 Å². The lowest BCUT2D eigenvalue weighted by Gasteiger charge is -2.20. The molecule has 0 saturated carbocycles. The Morgan fingerprint density at radius 2 is 2.00 bits per heavy atom. The summed E-state index contributed by atoms with van der Waals surface area (Å²) in [7, 11) is 1.84. The van der Waals surface area contributed by atoms with Crippen LogP contribution in [-0.4, -0.2) is 20.9 Å². The van der Waals surface area contributed by atoms with Gasteiger partial charge >= 0.3 is 5.97 Å². The molecule has 0 saturated heterocycles. The first-order valence-electron chi connectivity index (χ1n) is 6.11. The Kier molecular flexibility index (Phi) is 3.97. The normalized spacial score (nSPS) is 14.0. The average Bonchev–Trinajstić information content (AvgIpc) is 2.82. The fourth-order valence-electron chi connectivity index (χ4n) is 2.10. The highest BCUT2D eigenvalue weighted by Crippen LogP contribution is 2.19. The second-order valence-electron chi connectivity index (χ2n) is 4.45. The van der Waals surface area contributed by atoms with E-state index in [0.717, 1.165) is 11.3 Å². The molecule has 5 nitrogen and oxygen atoms in total. The first-order valence-corrected chi connectivity index (χ1v) is 6.11. The van der Waals surface area contributed by atoms with E-state index >= 15 is 0 Å². The Hall–Kier alpha value is -2.14. The minimum Gasteiger partial charge on any atom is -0.480 e. The van der Waals surface area contributed by atoms with Crippen LogP contribution in [0.4, 0.5) is 0 Å². The minimum absolute atomic E-state index is 0.103. The molecular weight excluding hydrogens is 242 g/mol. The molecule has 0 amide bonds. The third-order valence-corrected chi connectivity index (χ3v) is 3.10. The standard InChI is InChI=1S/C14H17N3O2/c1-10(12-8-9-15-17(12)2)16-13(14(18)19)11-6-4-3-5-7-11/h3-10,13,16H,1-2H3,(H,18,19). The molecule has 1 heterocycles. The molecule has 2 unspecified atom stereocenters. The van der Waals surface area contributed by atoms with Gasteiger partial charge < -0.3 is 5.11 Å². The molecule has 2 aromatic rings. The molecule has 2 N–H and O–H groups in total. The summed E-state index contributed by atoms with van der Waals surface area (Å²) in [6.45, 7) is 1.93. The summed E-state index contributed by atoms with van der Waals surface area (Å²) < 4.78 is 1.74.